The maximum atomic E-state index is 12.4. The Hall–Kier alpha value is -3.66. The highest BCUT2D eigenvalue weighted by atomic mass is 32.2. The normalized spacial score (nSPS) is 11.0. The van der Waals surface area contributed by atoms with Gasteiger partial charge in [-0.15, -0.1) is 6.58 Å². The molecule has 0 spiro atoms. The highest BCUT2D eigenvalue weighted by molar-refractivity contribution is 7.92. The predicted octanol–water partition coefficient (Wildman–Crippen LogP) is 2.63. The smallest absolute Gasteiger partial charge is 0.251 e. The number of carbonyl (C=O) groups excluding carboxylic acids is 1. The molecular weight excluding hydrogens is 420 g/mol. The van der Waals surface area contributed by atoms with Crippen molar-refractivity contribution in [2.24, 2.45) is 0 Å². The van der Waals surface area contributed by atoms with Crippen molar-refractivity contribution in [2.75, 3.05) is 24.2 Å². The zero-order valence-corrected chi connectivity index (χ0v) is 17.9. The van der Waals surface area contributed by atoms with Gasteiger partial charge in [-0.1, -0.05) is 11.2 Å². The van der Waals surface area contributed by atoms with Crippen LogP contribution in [0, 0.1) is 0 Å². The number of anilines is 1. The van der Waals surface area contributed by atoms with Crippen LogP contribution in [-0.2, 0) is 16.6 Å². The second kappa shape index (κ2) is 9.43. The zero-order valence-electron chi connectivity index (χ0n) is 17.1. The fourth-order valence-electron chi connectivity index (χ4n) is 2.77. The number of benzene rings is 2. The van der Waals surface area contributed by atoms with E-state index in [1.807, 2.05) is 0 Å². The molecule has 0 saturated heterocycles. The number of carbonyl (C=O) groups is 1. The van der Waals surface area contributed by atoms with Gasteiger partial charge in [-0.25, -0.2) is 8.42 Å². The highest BCUT2D eigenvalue weighted by Gasteiger charge is 2.17. The standard InChI is InChI=1S/C21H22N4O5S/c1-4-13-25(31(3,27)28)17-9-5-16(6-10-17)21(26)22-14-19-23-20(24-30-19)15-7-11-18(29-2)12-8-15/h4-12H,1,13-14H2,2-3H3,(H,22,26). The first-order valence-electron chi connectivity index (χ1n) is 9.25. The zero-order chi connectivity index (χ0) is 22.4. The molecule has 9 nitrogen and oxygen atoms in total. The molecule has 1 heterocycles. The monoisotopic (exact) mass is 442 g/mol. The van der Waals surface area contributed by atoms with Gasteiger partial charge in [0, 0.05) is 11.1 Å². The number of rotatable bonds is 9. The second-order valence-electron chi connectivity index (χ2n) is 6.55. The molecule has 1 amide bonds. The number of ether oxygens (including phenoxy) is 1. The van der Waals surface area contributed by atoms with Crippen molar-refractivity contribution < 1.29 is 22.5 Å². The molecule has 3 aromatic rings. The maximum absolute atomic E-state index is 12.4. The molecule has 0 radical (unpaired) electrons. The average molecular weight is 442 g/mol. The van der Waals surface area contributed by atoms with Crippen LogP contribution in [0.15, 0.2) is 65.7 Å². The first-order valence-corrected chi connectivity index (χ1v) is 11.1. The third-order valence-electron chi connectivity index (χ3n) is 4.33. The Balaban J connectivity index is 1.63. The minimum atomic E-state index is -3.46. The van der Waals surface area contributed by atoms with E-state index in [2.05, 4.69) is 22.0 Å². The van der Waals surface area contributed by atoms with E-state index >= 15 is 0 Å². The van der Waals surface area contributed by atoms with Crippen LogP contribution in [0.5, 0.6) is 5.75 Å². The van der Waals surface area contributed by atoms with Gasteiger partial charge < -0.3 is 14.6 Å². The SMILES string of the molecule is C=CCN(c1ccc(C(=O)NCc2nc(-c3ccc(OC)cc3)no2)cc1)S(C)(=O)=O. The number of sulfonamides is 1. The van der Waals surface area contributed by atoms with Crippen LogP contribution in [0.2, 0.25) is 0 Å². The van der Waals surface area contributed by atoms with Gasteiger partial charge in [0.05, 0.1) is 32.1 Å². The van der Waals surface area contributed by atoms with Crippen molar-refractivity contribution in [3.05, 3.63) is 72.6 Å². The summed E-state index contributed by atoms with van der Waals surface area (Å²) in [5, 5.41) is 6.61. The van der Waals surface area contributed by atoms with Gasteiger partial charge in [0.25, 0.3) is 5.91 Å². The van der Waals surface area contributed by atoms with Crippen molar-refractivity contribution in [1.29, 1.82) is 0 Å². The molecule has 1 aromatic heterocycles. The van der Waals surface area contributed by atoms with Crippen molar-refractivity contribution >= 4 is 21.6 Å². The van der Waals surface area contributed by atoms with Crippen LogP contribution >= 0.6 is 0 Å². The molecule has 162 valence electrons. The summed E-state index contributed by atoms with van der Waals surface area (Å²) in [5.74, 6) is 1.02. The molecule has 0 aliphatic rings. The Morgan fingerprint density at radius 3 is 2.45 bits per heavy atom. The molecular formula is C21H22N4O5S. The van der Waals surface area contributed by atoms with E-state index in [1.54, 1.807) is 55.6 Å². The molecule has 0 atom stereocenters. The Morgan fingerprint density at radius 1 is 1.19 bits per heavy atom. The number of hydrogen-bond acceptors (Lipinski definition) is 7. The lowest BCUT2D eigenvalue weighted by Crippen LogP contribution is -2.30. The van der Waals surface area contributed by atoms with Crippen molar-refractivity contribution in [1.82, 2.24) is 15.5 Å². The summed E-state index contributed by atoms with van der Waals surface area (Å²) in [6, 6.07) is 13.4. The Bertz CT molecular complexity index is 1160. The fourth-order valence-corrected chi connectivity index (χ4v) is 3.65. The van der Waals surface area contributed by atoms with Crippen molar-refractivity contribution in [3.63, 3.8) is 0 Å². The van der Waals surface area contributed by atoms with Gasteiger partial charge in [0.1, 0.15) is 5.75 Å². The predicted molar refractivity (Wildman–Crippen MR) is 116 cm³/mol. The van der Waals surface area contributed by atoms with Crippen LogP contribution in [0.1, 0.15) is 16.2 Å². The lowest BCUT2D eigenvalue weighted by atomic mass is 10.2. The largest absolute Gasteiger partial charge is 0.497 e. The topological polar surface area (TPSA) is 115 Å². The summed E-state index contributed by atoms with van der Waals surface area (Å²) in [6.45, 7) is 3.76. The second-order valence-corrected chi connectivity index (χ2v) is 8.46. The lowest BCUT2D eigenvalue weighted by Gasteiger charge is -2.20. The van der Waals surface area contributed by atoms with E-state index in [-0.39, 0.29) is 24.9 Å². The number of amides is 1. The van der Waals surface area contributed by atoms with Crippen LogP contribution in [-0.4, -0.2) is 44.4 Å². The van der Waals surface area contributed by atoms with Gasteiger partial charge in [0.15, 0.2) is 0 Å². The quantitative estimate of drug-likeness (QED) is 0.507. The summed E-state index contributed by atoms with van der Waals surface area (Å²) in [5.41, 5.74) is 1.57. The van der Waals surface area contributed by atoms with Crippen LogP contribution < -0.4 is 14.4 Å². The minimum absolute atomic E-state index is 0.0513. The van der Waals surface area contributed by atoms with E-state index in [1.165, 1.54) is 10.4 Å². The Labute approximate surface area is 180 Å². The highest BCUT2D eigenvalue weighted by Crippen LogP contribution is 2.20. The average Bonchev–Trinajstić information content (AvgIpc) is 3.24. The number of nitrogens with zero attached hydrogens (tertiary/aromatic N) is 3. The van der Waals surface area contributed by atoms with Crippen LogP contribution in [0.3, 0.4) is 0 Å². The molecule has 3 rings (SSSR count). The third kappa shape index (κ3) is 5.48. The summed E-state index contributed by atoms with van der Waals surface area (Å²) < 4.78 is 35.3. The van der Waals surface area contributed by atoms with E-state index in [0.717, 1.165) is 17.6 Å². The molecule has 10 heteroatoms. The van der Waals surface area contributed by atoms with E-state index in [4.69, 9.17) is 9.26 Å². The molecule has 0 aliphatic heterocycles. The molecule has 0 unspecified atom stereocenters. The molecule has 2 aromatic carbocycles. The maximum Gasteiger partial charge on any atom is 0.251 e. The summed E-state index contributed by atoms with van der Waals surface area (Å²) >= 11 is 0. The van der Waals surface area contributed by atoms with Crippen LogP contribution in [0.25, 0.3) is 11.4 Å². The Kier molecular flexibility index (Phi) is 6.71. The summed E-state index contributed by atoms with van der Waals surface area (Å²) in [4.78, 5) is 16.7. The number of methoxy groups -OCH3 is 1. The van der Waals surface area contributed by atoms with Gasteiger partial charge in [0.2, 0.25) is 21.7 Å². The molecule has 0 saturated carbocycles. The molecule has 1 N–H and O–H groups in total. The van der Waals surface area contributed by atoms with Gasteiger partial charge in [-0.05, 0) is 48.5 Å². The van der Waals surface area contributed by atoms with E-state index in [0.29, 0.717) is 17.1 Å². The van der Waals surface area contributed by atoms with E-state index in [9.17, 15) is 13.2 Å². The molecule has 0 aliphatic carbocycles. The lowest BCUT2D eigenvalue weighted by molar-refractivity contribution is 0.0946. The molecule has 0 fully saturated rings. The van der Waals surface area contributed by atoms with Crippen molar-refractivity contribution in [2.45, 2.75) is 6.54 Å². The van der Waals surface area contributed by atoms with Gasteiger partial charge in [-0.2, -0.15) is 4.98 Å². The summed E-state index contributed by atoms with van der Waals surface area (Å²) in [7, 11) is -1.87. The van der Waals surface area contributed by atoms with Gasteiger partial charge in [-0.3, -0.25) is 9.10 Å². The minimum Gasteiger partial charge on any atom is -0.497 e. The summed E-state index contributed by atoms with van der Waals surface area (Å²) in [6.07, 6.45) is 2.61. The van der Waals surface area contributed by atoms with Gasteiger partial charge >= 0.3 is 0 Å². The first kappa shape index (κ1) is 22.0. The van der Waals surface area contributed by atoms with Crippen LogP contribution in [0.4, 0.5) is 5.69 Å². The first-order chi connectivity index (χ1) is 14.8. The molecule has 31 heavy (non-hydrogen) atoms. The molecule has 0 bridgehead atoms. The van der Waals surface area contributed by atoms with Crippen molar-refractivity contribution in [3.8, 4) is 17.1 Å². The van der Waals surface area contributed by atoms with E-state index < -0.39 is 10.0 Å². The Morgan fingerprint density at radius 2 is 1.87 bits per heavy atom. The number of nitrogens with one attached hydrogen (secondary N) is 1. The fraction of sp³-hybridized carbons (Fsp3) is 0.190. The third-order valence-corrected chi connectivity index (χ3v) is 5.49. The number of aromatic nitrogens is 2. The number of hydrogen-bond donors (Lipinski definition) is 1.